The number of ether oxygens (including phenoxy) is 1. The summed E-state index contributed by atoms with van der Waals surface area (Å²) in [7, 11) is -3.38. The van der Waals surface area contributed by atoms with Crippen LogP contribution in [0.1, 0.15) is 22.8 Å². The molecule has 0 radical (unpaired) electrons. The molecule has 112 valence electrons. The van der Waals surface area contributed by atoms with Crippen molar-refractivity contribution in [2.75, 3.05) is 25.5 Å². The first-order valence-electron chi connectivity index (χ1n) is 6.32. The Hall–Kier alpha value is -1.44. The van der Waals surface area contributed by atoms with Crippen LogP contribution in [0.25, 0.3) is 0 Å². The number of aromatic carboxylic acids is 1. The molecule has 0 bridgehead atoms. The minimum atomic E-state index is -3.38. The number of carbonyl (C=O) groups is 1. The van der Waals surface area contributed by atoms with Gasteiger partial charge in [-0.2, -0.15) is 0 Å². The molecule has 0 atom stereocenters. The van der Waals surface area contributed by atoms with E-state index < -0.39 is 16.0 Å². The molecule has 0 saturated heterocycles. The molecule has 0 aliphatic heterocycles. The molecule has 1 aromatic carbocycles. The summed E-state index contributed by atoms with van der Waals surface area (Å²) in [5.41, 5.74) is 0.800. The van der Waals surface area contributed by atoms with Crippen molar-refractivity contribution in [3.63, 3.8) is 0 Å². The Kier molecular flexibility index (Phi) is 6.63. The summed E-state index contributed by atoms with van der Waals surface area (Å²) in [6.45, 7) is 2.58. The fraction of sp³-hybridized carbons (Fsp3) is 0.462. The molecule has 6 nitrogen and oxygen atoms in total. The molecule has 7 heteroatoms. The highest BCUT2D eigenvalue weighted by atomic mass is 32.2. The van der Waals surface area contributed by atoms with Crippen molar-refractivity contribution in [2.45, 2.75) is 13.3 Å². The maximum Gasteiger partial charge on any atom is 0.335 e. The van der Waals surface area contributed by atoms with Crippen LogP contribution in [-0.4, -0.2) is 45.0 Å². The van der Waals surface area contributed by atoms with Gasteiger partial charge in [-0.1, -0.05) is 18.2 Å². The quantitative estimate of drug-likeness (QED) is 0.661. The van der Waals surface area contributed by atoms with Gasteiger partial charge in [-0.15, -0.1) is 0 Å². The Morgan fingerprint density at radius 3 is 2.70 bits per heavy atom. The monoisotopic (exact) mass is 301 g/mol. The van der Waals surface area contributed by atoms with Crippen molar-refractivity contribution in [3.8, 4) is 0 Å². The largest absolute Gasteiger partial charge is 0.478 e. The number of rotatable bonds is 9. The standard InChI is InChI=1S/C13H19NO5S/c1-2-19-9-10-20(17,18)14-8-7-11-5-3-4-6-12(11)13(15)16/h3-6,14H,2,7-10H2,1H3,(H,15,16). The van der Waals surface area contributed by atoms with E-state index in [4.69, 9.17) is 9.84 Å². The van der Waals surface area contributed by atoms with E-state index in [1.807, 2.05) is 0 Å². The van der Waals surface area contributed by atoms with Crippen molar-refractivity contribution < 1.29 is 23.1 Å². The van der Waals surface area contributed by atoms with Gasteiger partial charge in [-0.3, -0.25) is 0 Å². The predicted molar refractivity (Wildman–Crippen MR) is 75.4 cm³/mol. The van der Waals surface area contributed by atoms with Gasteiger partial charge >= 0.3 is 5.97 Å². The lowest BCUT2D eigenvalue weighted by atomic mass is 10.1. The number of nitrogens with one attached hydrogen (secondary N) is 1. The van der Waals surface area contributed by atoms with Gasteiger partial charge in [0.2, 0.25) is 10.0 Å². The van der Waals surface area contributed by atoms with Gasteiger partial charge in [0, 0.05) is 13.2 Å². The van der Waals surface area contributed by atoms with Gasteiger partial charge in [0.05, 0.1) is 17.9 Å². The lowest BCUT2D eigenvalue weighted by molar-refractivity contribution is 0.0695. The van der Waals surface area contributed by atoms with E-state index in [1.165, 1.54) is 6.07 Å². The normalized spacial score (nSPS) is 11.4. The van der Waals surface area contributed by atoms with E-state index in [9.17, 15) is 13.2 Å². The third kappa shape index (κ3) is 5.68. The van der Waals surface area contributed by atoms with Crippen LogP contribution in [0.3, 0.4) is 0 Å². The zero-order valence-electron chi connectivity index (χ0n) is 11.3. The minimum Gasteiger partial charge on any atom is -0.478 e. The second-order valence-corrected chi connectivity index (χ2v) is 6.05. The fourth-order valence-electron chi connectivity index (χ4n) is 1.67. The molecule has 20 heavy (non-hydrogen) atoms. The predicted octanol–water partition coefficient (Wildman–Crippen LogP) is 0.883. The topological polar surface area (TPSA) is 92.7 Å². The minimum absolute atomic E-state index is 0.0958. The number of hydrogen-bond donors (Lipinski definition) is 2. The molecule has 0 amide bonds. The number of sulfonamides is 1. The lowest BCUT2D eigenvalue weighted by Gasteiger charge is -2.08. The van der Waals surface area contributed by atoms with Gasteiger partial charge in [0.15, 0.2) is 0 Å². The van der Waals surface area contributed by atoms with Gasteiger partial charge in [0.1, 0.15) is 0 Å². The molecule has 0 aliphatic rings. The van der Waals surface area contributed by atoms with Crippen LogP contribution in [0, 0.1) is 0 Å². The lowest BCUT2D eigenvalue weighted by Crippen LogP contribution is -2.30. The molecular formula is C13H19NO5S. The summed E-state index contributed by atoms with van der Waals surface area (Å²) in [5.74, 6) is -1.11. The highest BCUT2D eigenvalue weighted by molar-refractivity contribution is 7.89. The highest BCUT2D eigenvalue weighted by Gasteiger charge is 2.12. The van der Waals surface area contributed by atoms with Crippen molar-refractivity contribution in [1.29, 1.82) is 0 Å². The van der Waals surface area contributed by atoms with Crippen molar-refractivity contribution in [3.05, 3.63) is 35.4 Å². The third-order valence-electron chi connectivity index (χ3n) is 2.66. The van der Waals surface area contributed by atoms with Gasteiger partial charge in [-0.25, -0.2) is 17.9 Å². The average Bonchev–Trinajstić information content (AvgIpc) is 2.39. The Morgan fingerprint density at radius 2 is 2.05 bits per heavy atom. The fourth-order valence-corrected chi connectivity index (χ4v) is 2.57. The molecule has 0 aliphatic carbocycles. The number of carboxylic acids is 1. The van der Waals surface area contributed by atoms with E-state index >= 15 is 0 Å². The van der Waals surface area contributed by atoms with Crippen molar-refractivity contribution in [2.24, 2.45) is 0 Å². The number of carboxylic acid groups (broad SMARTS) is 1. The SMILES string of the molecule is CCOCCS(=O)(=O)NCCc1ccccc1C(=O)O. The summed E-state index contributed by atoms with van der Waals surface area (Å²) in [4.78, 5) is 11.0. The van der Waals surface area contributed by atoms with E-state index in [1.54, 1.807) is 25.1 Å². The number of benzene rings is 1. The average molecular weight is 301 g/mol. The first-order chi connectivity index (χ1) is 9.46. The van der Waals surface area contributed by atoms with Gasteiger partial charge < -0.3 is 9.84 Å². The summed E-state index contributed by atoms with van der Waals surface area (Å²) >= 11 is 0. The number of hydrogen-bond acceptors (Lipinski definition) is 4. The molecule has 0 heterocycles. The van der Waals surface area contributed by atoms with Crippen LogP contribution in [0.2, 0.25) is 0 Å². The maximum absolute atomic E-state index is 11.6. The zero-order chi connectivity index (χ0) is 15.0. The molecule has 2 N–H and O–H groups in total. The van der Waals surface area contributed by atoms with Crippen molar-refractivity contribution >= 4 is 16.0 Å². The first-order valence-corrected chi connectivity index (χ1v) is 7.98. The summed E-state index contributed by atoms with van der Waals surface area (Å²) in [5, 5.41) is 9.01. The zero-order valence-corrected chi connectivity index (χ0v) is 12.1. The summed E-state index contributed by atoms with van der Waals surface area (Å²) in [6.07, 6.45) is 0.330. The molecule has 0 saturated carbocycles. The Balaban J connectivity index is 2.50. The maximum atomic E-state index is 11.6. The summed E-state index contributed by atoms with van der Waals surface area (Å²) in [6, 6.07) is 6.55. The first kappa shape index (κ1) is 16.6. The van der Waals surface area contributed by atoms with Crippen LogP contribution in [0.5, 0.6) is 0 Å². The van der Waals surface area contributed by atoms with Gasteiger partial charge in [-0.05, 0) is 25.0 Å². The Labute approximate surface area is 118 Å². The second-order valence-electron chi connectivity index (χ2n) is 4.12. The van der Waals surface area contributed by atoms with Crippen molar-refractivity contribution in [1.82, 2.24) is 4.72 Å². The molecule has 0 spiro atoms. The van der Waals surface area contributed by atoms with E-state index in [0.717, 1.165) is 0 Å². The third-order valence-corrected chi connectivity index (χ3v) is 4.01. The molecule has 0 unspecified atom stereocenters. The molecule has 1 rings (SSSR count). The molecule has 1 aromatic rings. The van der Waals surface area contributed by atoms with Gasteiger partial charge in [0.25, 0.3) is 0 Å². The van der Waals surface area contributed by atoms with Crippen LogP contribution in [0.15, 0.2) is 24.3 Å². The summed E-state index contributed by atoms with van der Waals surface area (Å²) < 4.78 is 30.6. The van der Waals surface area contributed by atoms with E-state index in [0.29, 0.717) is 18.6 Å². The Bertz CT molecular complexity index is 541. The Morgan fingerprint density at radius 1 is 1.35 bits per heavy atom. The van der Waals surface area contributed by atoms with Crippen LogP contribution >= 0.6 is 0 Å². The second kappa shape index (κ2) is 7.98. The smallest absolute Gasteiger partial charge is 0.335 e. The molecule has 0 aromatic heterocycles. The van der Waals surface area contributed by atoms with Crippen LogP contribution in [-0.2, 0) is 21.2 Å². The van der Waals surface area contributed by atoms with Crippen LogP contribution < -0.4 is 4.72 Å². The molecular weight excluding hydrogens is 282 g/mol. The molecule has 0 fully saturated rings. The highest BCUT2D eigenvalue weighted by Crippen LogP contribution is 2.09. The van der Waals surface area contributed by atoms with E-state index in [-0.39, 0.29) is 24.5 Å². The van der Waals surface area contributed by atoms with Crippen LogP contribution in [0.4, 0.5) is 0 Å². The van der Waals surface area contributed by atoms with E-state index in [2.05, 4.69) is 4.72 Å².